The van der Waals surface area contributed by atoms with E-state index in [1.807, 2.05) is 55.5 Å². The summed E-state index contributed by atoms with van der Waals surface area (Å²) >= 11 is 0. The zero-order valence-electron chi connectivity index (χ0n) is 20.8. The van der Waals surface area contributed by atoms with Gasteiger partial charge in [-0.05, 0) is 47.7 Å². The lowest BCUT2D eigenvalue weighted by atomic mass is 9.74. The summed E-state index contributed by atoms with van der Waals surface area (Å²) in [5.74, 6) is 0.466. The summed E-state index contributed by atoms with van der Waals surface area (Å²) < 4.78 is 1.52. The van der Waals surface area contributed by atoms with E-state index in [0.29, 0.717) is 22.9 Å². The number of nitrogens with zero attached hydrogens (tertiary/aromatic N) is 4. The minimum atomic E-state index is -0.524. The van der Waals surface area contributed by atoms with Crippen LogP contribution >= 0.6 is 0 Å². The number of ketones is 1. The maximum atomic E-state index is 14.3. The maximum absolute atomic E-state index is 14.3. The molecule has 1 aliphatic carbocycles. The molecule has 2 atom stereocenters. The van der Waals surface area contributed by atoms with Crippen molar-refractivity contribution in [2.45, 2.75) is 25.8 Å². The van der Waals surface area contributed by atoms with Crippen LogP contribution in [0.25, 0.3) is 22.0 Å². The number of Topliss-reactive ketones (excluding diaryl/α,β-unsaturated/α-hetero) is 1. The quantitative estimate of drug-likeness (QED) is 0.373. The third kappa shape index (κ3) is 4.45. The summed E-state index contributed by atoms with van der Waals surface area (Å²) in [6.07, 6.45) is 5.33. The van der Waals surface area contributed by atoms with Crippen LogP contribution in [0.2, 0.25) is 0 Å². The van der Waals surface area contributed by atoms with Gasteiger partial charge in [0.15, 0.2) is 5.78 Å². The lowest BCUT2D eigenvalue weighted by Gasteiger charge is -2.31. The van der Waals surface area contributed by atoms with E-state index in [1.54, 1.807) is 26.2 Å². The molecule has 0 fully saturated rings. The van der Waals surface area contributed by atoms with Gasteiger partial charge in [-0.1, -0.05) is 54.6 Å². The number of carbonyl (C=O) groups excluding carboxylic acids is 1. The monoisotopic (exact) mass is 487 g/mol. The predicted molar refractivity (Wildman–Crippen MR) is 145 cm³/mol. The van der Waals surface area contributed by atoms with Crippen LogP contribution in [-0.4, -0.2) is 26.4 Å². The summed E-state index contributed by atoms with van der Waals surface area (Å²) in [4.78, 5) is 38.4. The zero-order valence-corrected chi connectivity index (χ0v) is 20.8. The molecule has 0 bridgehead atoms. The fourth-order valence-corrected chi connectivity index (χ4v) is 4.82. The number of benzene rings is 2. The molecule has 7 heteroatoms. The first-order valence-corrected chi connectivity index (χ1v) is 12.0. The second-order valence-electron chi connectivity index (χ2n) is 9.12. The number of anilines is 1. The molecule has 0 radical (unpaired) electrons. The molecule has 0 amide bonds. The number of aromatic nitrogens is 3. The van der Waals surface area contributed by atoms with E-state index in [-0.39, 0.29) is 17.4 Å². The topological polar surface area (TPSA) is 81.2 Å². The molecule has 2 aromatic heterocycles. The molecule has 7 nitrogen and oxygen atoms in total. The largest absolute Gasteiger partial charge is 0.372 e. The van der Waals surface area contributed by atoms with Gasteiger partial charge in [0.1, 0.15) is 11.6 Å². The van der Waals surface area contributed by atoms with Crippen molar-refractivity contribution in [3.63, 3.8) is 0 Å². The Kier molecular flexibility index (Phi) is 6.24. The van der Waals surface area contributed by atoms with Gasteiger partial charge in [-0.2, -0.15) is 0 Å². The van der Waals surface area contributed by atoms with E-state index in [9.17, 15) is 9.59 Å². The number of aryl methyl sites for hydroxylation is 2. The molecule has 5 rings (SSSR count). The van der Waals surface area contributed by atoms with E-state index in [2.05, 4.69) is 26.2 Å². The molecule has 37 heavy (non-hydrogen) atoms. The van der Waals surface area contributed by atoms with Crippen molar-refractivity contribution < 1.29 is 4.79 Å². The molecule has 4 aromatic rings. The highest BCUT2D eigenvalue weighted by Gasteiger charge is 2.35. The van der Waals surface area contributed by atoms with E-state index in [0.717, 1.165) is 27.8 Å². The standard InChI is InChI=1S/C30H25N5O2/c1-18(33-30-25(31-3)16-32-19(2)34-30)24-15-21-11-8-12-23(22-13-14-26(36)35(4)17-22)28(21)29(37)27(24)20-9-6-5-7-10-20/h5-18,27H,1-2,4H3,(H,32,33,34)/t18-,27?/m0/s1. The Morgan fingerprint density at radius 3 is 2.57 bits per heavy atom. The van der Waals surface area contributed by atoms with E-state index < -0.39 is 5.92 Å². The molecular weight excluding hydrogens is 462 g/mol. The lowest BCUT2D eigenvalue weighted by molar-refractivity contribution is 0.0970. The fourth-order valence-electron chi connectivity index (χ4n) is 4.82. The lowest BCUT2D eigenvalue weighted by Crippen LogP contribution is -2.30. The summed E-state index contributed by atoms with van der Waals surface area (Å²) in [5, 5.41) is 3.36. The number of carbonyl (C=O) groups is 1. The Hall–Kier alpha value is -4.83. The predicted octanol–water partition coefficient (Wildman–Crippen LogP) is 5.57. The normalized spacial score (nSPS) is 15.4. The first kappa shape index (κ1) is 23.9. The van der Waals surface area contributed by atoms with Crippen LogP contribution in [0, 0.1) is 13.5 Å². The molecular formula is C30H25N5O2. The molecule has 0 spiro atoms. The number of nitrogens with one attached hydrogen (secondary N) is 1. The van der Waals surface area contributed by atoms with Gasteiger partial charge < -0.3 is 9.88 Å². The van der Waals surface area contributed by atoms with E-state index >= 15 is 0 Å². The van der Waals surface area contributed by atoms with Crippen LogP contribution in [0.1, 0.15) is 40.2 Å². The van der Waals surface area contributed by atoms with Gasteiger partial charge in [-0.3, -0.25) is 14.6 Å². The zero-order chi connectivity index (χ0) is 26.1. The van der Waals surface area contributed by atoms with E-state index in [1.165, 1.54) is 16.8 Å². The Labute approximate surface area is 215 Å². The van der Waals surface area contributed by atoms with Gasteiger partial charge in [-0.15, -0.1) is 0 Å². The Balaban J connectivity index is 1.66. The molecule has 0 aliphatic heterocycles. The fraction of sp³-hybridized carbons (Fsp3) is 0.167. The Morgan fingerprint density at radius 1 is 1.05 bits per heavy atom. The molecule has 1 N–H and O–H groups in total. The summed E-state index contributed by atoms with van der Waals surface area (Å²) in [5.41, 5.74) is 5.03. The number of hydrogen-bond donors (Lipinski definition) is 1. The highest BCUT2D eigenvalue weighted by molar-refractivity contribution is 6.13. The van der Waals surface area contributed by atoms with Gasteiger partial charge in [0.25, 0.3) is 0 Å². The number of fused-ring (bicyclic) bond motifs is 1. The van der Waals surface area contributed by atoms with Crippen LogP contribution in [0.5, 0.6) is 0 Å². The molecule has 0 saturated heterocycles. The summed E-state index contributed by atoms with van der Waals surface area (Å²) in [7, 11) is 1.70. The van der Waals surface area contributed by atoms with Crippen molar-refractivity contribution in [2.24, 2.45) is 7.05 Å². The smallest absolute Gasteiger partial charge is 0.250 e. The van der Waals surface area contributed by atoms with Gasteiger partial charge in [-0.25, -0.2) is 9.83 Å². The van der Waals surface area contributed by atoms with Crippen LogP contribution in [-0.2, 0) is 7.05 Å². The molecule has 2 heterocycles. The number of pyridine rings is 1. The Bertz CT molecular complexity index is 1650. The molecule has 0 saturated carbocycles. The van der Waals surface area contributed by atoms with Crippen molar-refractivity contribution in [1.82, 2.24) is 14.5 Å². The minimum absolute atomic E-state index is 0.0129. The van der Waals surface area contributed by atoms with Crippen LogP contribution in [0.15, 0.2) is 83.4 Å². The van der Waals surface area contributed by atoms with Crippen LogP contribution in [0.3, 0.4) is 0 Å². The van der Waals surface area contributed by atoms with Crippen molar-refractivity contribution in [1.29, 1.82) is 0 Å². The third-order valence-corrected chi connectivity index (χ3v) is 6.65. The number of hydrogen-bond acceptors (Lipinski definition) is 5. The average molecular weight is 488 g/mol. The first-order valence-electron chi connectivity index (χ1n) is 12.0. The molecule has 2 aromatic carbocycles. The molecule has 1 unspecified atom stereocenters. The highest BCUT2D eigenvalue weighted by atomic mass is 16.1. The Morgan fingerprint density at radius 2 is 1.84 bits per heavy atom. The third-order valence-electron chi connectivity index (χ3n) is 6.65. The van der Waals surface area contributed by atoms with Gasteiger partial charge in [0.05, 0.1) is 12.5 Å². The van der Waals surface area contributed by atoms with Crippen molar-refractivity contribution in [3.05, 3.63) is 123 Å². The van der Waals surface area contributed by atoms with Crippen LogP contribution < -0.4 is 10.9 Å². The van der Waals surface area contributed by atoms with E-state index in [4.69, 9.17) is 6.57 Å². The summed E-state index contributed by atoms with van der Waals surface area (Å²) in [6.45, 7) is 11.2. The van der Waals surface area contributed by atoms with Gasteiger partial charge >= 0.3 is 0 Å². The maximum Gasteiger partial charge on any atom is 0.250 e. The highest BCUT2D eigenvalue weighted by Crippen LogP contribution is 2.41. The SMILES string of the molecule is [C-]#[N+]c1cnc(C)nc1N[C@@H](C)C1=Cc2cccc(-c3ccc(=O)n(C)c3)c2C(=O)C1c1ccccc1. The summed E-state index contributed by atoms with van der Waals surface area (Å²) in [6, 6.07) is 18.5. The van der Waals surface area contributed by atoms with Crippen LogP contribution in [0.4, 0.5) is 11.5 Å². The minimum Gasteiger partial charge on any atom is -0.372 e. The molecule has 182 valence electrons. The van der Waals surface area contributed by atoms with Crippen molar-refractivity contribution in [3.8, 4) is 11.1 Å². The first-order chi connectivity index (χ1) is 17.9. The van der Waals surface area contributed by atoms with Gasteiger partial charge in [0.2, 0.25) is 11.2 Å². The second-order valence-corrected chi connectivity index (χ2v) is 9.12. The van der Waals surface area contributed by atoms with Gasteiger partial charge in [0, 0.05) is 37.1 Å². The van der Waals surface area contributed by atoms with Crippen molar-refractivity contribution in [2.75, 3.05) is 5.32 Å². The van der Waals surface area contributed by atoms with Crippen molar-refractivity contribution >= 4 is 23.4 Å². The average Bonchev–Trinajstić information content (AvgIpc) is 2.90. The molecule has 1 aliphatic rings. The number of rotatable bonds is 5. The second kappa shape index (κ2) is 9.67.